The van der Waals surface area contributed by atoms with E-state index in [1.54, 1.807) is 23.2 Å². The second-order valence-electron chi connectivity index (χ2n) is 9.20. The van der Waals surface area contributed by atoms with Crippen LogP contribution in [0.2, 0.25) is 0 Å². The quantitative estimate of drug-likeness (QED) is 0.492. The van der Waals surface area contributed by atoms with Crippen LogP contribution >= 0.6 is 0 Å². The van der Waals surface area contributed by atoms with Crippen molar-refractivity contribution < 1.29 is 9.90 Å². The highest BCUT2D eigenvalue weighted by Gasteiger charge is 2.35. The van der Waals surface area contributed by atoms with Gasteiger partial charge in [0.15, 0.2) is 0 Å². The maximum atomic E-state index is 13.0. The Morgan fingerprint density at radius 1 is 1.12 bits per heavy atom. The first kappa shape index (κ1) is 22.1. The first-order valence-corrected chi connectivity index (χ1v) is 11.5. The molecule has 3 aromatic heterocycles. The Kier molecular flexibility index (Phi) is 5.57. The summed E-state index contributed by atoms with van der Waals surface area (Å²) in [5.41, 5.74) is 3.02. The van der Waals surface area contributed by atoms with Crippen LogP contribution in [-0.4, -0.2) is 58.6 Å². The molecule has 4 heterocycles. The van der Waals surface area contributed by atoms with Gasteiger partial charge in [0.05, 0.1) is 24.4 Å². The summed E-state index contributed by atoms with van der Waals surface area (Å²) in [6.07, 6.45) is 3.96. The van der Waals surface area contributed by atoms with Gasteiger partial charge in [-0.15, -0.1) is 0 Å². The number of hydrogen-bond acceptors (Lipinski definition) is 5. The van der Waals surface area contributed by atoms with Crippen LogP contribution in [0.3, 0.4) is 0 Å². The van der Waals surface area contributed by atoms with Gasteiger partial charge in [-0.2, -0.15) is 10.2 Å². The van der Waals surface area contributed by atoms with Gasteiger partial charge < -0.3 is 10.0 Å². The molecule has 1 N–H and O–H groups in total. The summed E-state index contributed by atoms with van der Waals surface area (Å²) in [5.74, 6) is -0.0480. The number of aliphatic hydroxyl groups is 1. The van der Waals surface area contributed by atoms with E-state index in [1.165, 1.54) is 15.4 Å². The van der Waals surface area contributed by atoms with Crippen LogP contribution in [-0.2, 0) is 13.1 Å². The zero-order valence-corrected chi connectivity index (χ0v) is 19.4. The molecule has 0 saturated carbocycles. The number of rotatable bonds is 5. The first-order chi connectivity index (χ1) is 16.3. The lowest BCUT2D eigenvalue weighted by atomic mass is 9.91. The Balaban J connectivity index is 1.21. The van der Waals surface area contributed by atoms with E-state index in [9.17, 15) is 14.7 Å². The van der Waals surface area contributed by atoms with Crippen LogP contribution in [0.4, 0.5) is 0 Å². The number of aromatic nitrogens is 5. The second kappa shape index (κ2) is 8.57. The summed E-state index contributed by atoms with van der Waals surface area (Å²) >= 11 is 0. The smallest absolute Gasteiger partial charge is 0.277 e. The number of likely N-dealkylation sites (tertiary alicyclic amines) is 1. The average Bonchev–Trinajstić information content (AvgIpc) is 3.42. The molecule has 1 saturated heterocycles. The first-order valence-electron chi connectivity index (χ1n) is 11.5. The van der Waals surface area contributed by atoms with E-state index in [4.69, 9.17) is 0 Å². The van der Waals surface area contributed by atoms with Crippen LogP contribution in [0.1, 0.15) is 40.2 Å². The maximum Gasteiger partial charge on any atom is 0.277 e. The molecule has 0 unspecified atom stereocenters. The Morgan fingerprint density at radius 3 is 2.53 bits per heavy atom. The van der Waals surface area contributed by atoms with Crippen molar-refractivity contribution in [3.05, 3.63) is 87.9 Å². The Bertz CT molecular complexity index is 1390. The number of carbonyl (C=O) groups excluding carboxylic acids is 1. The summed E-state index contributed by atoms with van der Waals surface area (Å²) in [5, 5.41) is 19.8. The minimum absolute atomic E-state index is 0.0480. The molecule has 1 aromatic carbocycles. The van der Waals surface area contributed by atoms with Crippen molar-refractivity contribution in [2.45, 2.75) is 45.4 Å². The topological polar surface area (TPSA) is 97.7 Å². The molecule has 9 nitrogen and oxygen atoms in total. The fourth-order valence-corrected chi connectivity index (χ4v) is 4.62. The molecule has 1 aliphatic heterocycles. The highest BCUT2D eigenvalue weighted by atomic mass is 16.3. The molecule has 5 rings (SSSR count). The van der Waals surface area contributed by atoms with Gasteiger partial charge in [-0.05, 0) is 62.6 Å². The molecule has 0 spiro atoms. The van der Waals surface area contributed by atoms with Crippen LogP contribution in [0.5, 0.6) is 0 Å². The lowest BCUT2D eigenvalue weighted by molar-refractivity contribution is -0.0300. The molecule has 0 atom stereocenters. The normalized spacial score (nSPS) is 15.7. The van der Waals surface area contributed by atoms with Gasteiger partial charge in [-0.25, -0.2) is 4.52 Å². The van der Waals surface area contributed by atoms with Crippen LogP contribution in [0, 0.1) is 13.8 Å². The summed E-state index contributed by atoms with van der Waals surface area (Å²) in [6, 6.07) is 13.1. The van der Waals surface area contributed by atoms with E-state index in [-0.39, 0.29) is 18.0 Å². The summed E-state index contributed by atoms with van der Waals surface area (Å²) in [7, 11) is 0. The van der Waals surface area contributed by atoms with Crippen molar-refractivity contribution in [1.29, 1.82) is 0 Å². The standard InChI is InChI=1S/C25H28N6O3/c1-18-14-19(2)31(27-18)15-20-5-7-21(8-6-20)23(32)28-12-9-25(34,10-13-28)16-29-17-26-30-11-3-4-22(30)24(29)33/h3-8,11,14,17,34H,9-10,12-13,15-16H2,1-2H3. The van der Waals surface area contributed by atoms with Crippen molar-refractivity contribution in [2.24, 2.45) is 0 Å². The monoisotopic (exact) mass is 460 g/mol. The molecule has 0 bridgehead atoms. The van der Waals surface area contributed by atoms with Crippen molar-refractivity contribution in [3.63, 3.8) is 0 Å². The Hall–Kier alpha value is -3.72. The van der Waals surface area contributed by atoms with Gasteiger partial charge in [0, 0.05) is 30.5 Å². The highest BCUT2D eigenvalue weighted by molar-refractivity contribution is 5.94. The number of aryl methyl sites for hydroxylation is 2. The number of piperidine rings is 1. The van der Waals surface area contributed by atoms with Gasteiger partial charge in [0.2, 0.25) is 0 Å². The van der Waals surface area contributed by atoms with Crippen molar-refractivity contribution in [1.82, 2.24) is 28.9 Å². The molecule has 4 aromatic rings. The molecule has 34 heavy (non-hydrogen) atoms. The number of amides is 1. The van der Waals surface area contributed by atoms with Crippen LogP contribution in [0.15, 0.2) is 59.8 Å². The fraction of sp³-hybridized carbons (Fsp3) is 0.360. The molecule has 1 amide bonds. The lowest BCUT2D eigenvalue weighted by Crippen LogP contribution is -2.49. The minimum atomic E-state index is -1.06. The van der Waals surface area contributed by atoms with E-state index >= 15 is 0 Å². The zero-order chi connectivity index (χ0) is 23.9. The van der Waals surface area contributed by atoms with Crippen molar-refractivity contribution >= 4 is 11.4 Å². The third-order valence-corrected chi connectivity index (χ3v) is 6.61. The van der Waals surface area contributed by atoms with Crippen LogP contribution in [0.25, 0.3) is 5.52 Å². The van der Waals surface area contributed by atoms with Crippen molar-refractivity contribution in [3.8, 4) is 0 Å². The van der Waals surface area contributed by atoms with Gasteiger partial charge >= 0.3 is 0 Å². The maximum absolute atomic E-state index is 13.0. The predicted octanol–water partition coefficient (Wildman–Crippen LogP) is 2.02. The number of hydrogen-bond donors (Lipinski definition) is 1. The number of fused-ring (bicyclic) bond motifs is 1. The number of nitrogens with zero attached hydrogens (tertiary/aromatic N) is 6. The summed E-state index contributed by atoms with van der Waals surface area (Å²) < 4.78 is 4.92. The second-order valence-corrected chi connectivity index (χ2v) is 9.20. The molecular formula is C25H28N6O3. The predicted molar refractivity (Wildman–Crippen MR) is 127 cm³/mol. The van der Waals surface area contributed by atoms with Crippen LogP contribution < -0.4 is 5.56 Å². The number of benzene rings is 1. The average molecular weight is 461 g/mol. The molecule has 0 radical (unpaired) electrons. The Morgan fingerprint density at radius 2 is 1.85 bits per heavy atom. The highest BCUT2D eigenvalue weighted by Crippen LogP contribution is 2.25. The molecule has 176 valence electrons. The zero-order valence-electron chi connectivity index (χ0n) is 19.4. The van der Waals surface area contributed by atoms with Gasteiger partial charge in [0.25, 0.3) is 11.5 Å². The van der Waals surface area contributed by atoms with E-state index in [0.717, 1.165) is 17.0 Å². The third-order valence-electron chi connectivity index (χ3n) is 6.61. The molecule has 9 heteroatoms. The Labute approximate surface area is 196 Å². The molecule has 0 aliphatic carbocycles. The van der Waals surface area contributed by atoms with Crippen molar-refractivity contribution in [2.75, 3.05) is 13.1 Å². The van der Waals surface area contributed by atoms with E-state index in [1.807, 2.05) is 48.9 Å². The van der Waals surface area contributed by atoms with Gasteiger partial charge in [-0.3, -0.25) is 18.8 Å². The van der Waals surface area contributed by atoms with E-state index < -0.39 is 5.60 Å². The largest absolute Gasteiger partial charge is 0.388 e. The molecule has 1 aliphatic rings. The third kappa shape index (κ3) is 4.26. The molecular weight excluding hydrogens is 432 g/mol. The summed E-state index contributed by atoms with van der Waals surface area (Å²) in [4.78, 5) is 27.4. The van der Waals surface area contributed by atoms with Gasteiger partial charge in [-0.1, -0.05) is 12.1 Å². The number of carbonyl (C=O) groups is 1. The lowest BCUT2D eigenvalue weighted by Gasteiger charge is -2.38. The van der Waals surface area contributed by atoms with E-state index in [0.29, 0.717) is 43.6 Å². The fourth-order valence-electron chi connectivity index (χ4n) is 4.62. The van der Waals surface area contributed by atoms with Gasteiger partial charge in [0.1, 0.15) is 11.8 Å². The molecule has 1 fully saturated rings. The SMILES string of the molecule is Cc1cc(C)n(Cc2ccc(C(=O)N3CCC(O)(Cn4cnn5cccc5c4=O)CC3)cc2)n1. The van der Waals surface area contributed by atoms with E-state index in [2.05, 4.69) is 10.2 Å². The minimum Gasteiger partial charge on any atom is -0.388 e. The summed E-state index contributed by atoms with van der Waals surface area (Å²) in [6.45, 7) is 5.68.